The van der Waals surface area contributed by atoms with Crippen molar-refractivity contribution in [1.82, 2.24) is 24.5 Å². The van der Waals surface area contributed by atoms with Crippen LogP contribution in [0.15, 0.2) is 29.2 Å². The number of hydrogen-bond acceptors (Lipinski definition) is 6. The summed E-state index contributed by atoms with van der Waals surface area (Å²) in [6.45, 7) is 6.42. The van der Waals surface area contributed by atoms with Gasteiger partial charge in [0.2, 0.25) is 0 Å². The van der Waals surface area contributed by atoms with E-state index in [1.807, 2.05) is 24.8 Å². The van der Waals surface area contributed by atoms with Crippen LogP contribution in [0.25, 0.3) is 5.65 Å². The standard InChI is InChI=1S/C16H18N6O2/c1-11-7-13(12(2)24-11)16(23)21-5-3-20(4-6-21)15-9-17-8-14-18-10-19-22(14)15/h7-10H,3-6H2,1-2H3. The molecule has 8 nitrogen and oxygen atoms in total. The zero-order chi connectivity index (χ0) is 16.7. The molecule has 4 rings (SSSR count). The van der Waals surface area contributed by atoms with Gasteiger partial charge in [0, 0.05) is 26.2 Å². The normalized spacial score (nSPS) is 15.2. The number of carbonyl (C=O) groups is 1. The molecule has 124 valence electrons. The summed E-state index contributed by atoms with van der Waals surface area (Å²) in [6, 6.07) is 1.81. The Bertz CT molecular complexity index is 891. The highest BCUT2D eigenvalue weighted by molar-refractivity contribution is 5.95. The minimum atomic E-state index is 0.0288. The topological polar surface area (TPSA) is 79.8 Å². The molecule has 0 unspecified atom stereocenters. The predicted molar refractivity (Wildman–Crippen MR) is 87.1 cm³/mol. The van der Waals surface area contributed by atoms with Gasteiger partial charge in [0.05, 0.1) is 18.0 Å². The second-order valence-electron chi connectivity index (χ2n) is 5.90. The molecule has 3 aromatic rings. The zero-order valence-corrected chi connectivity index (χ0v) is 13.6. The van der Waals surface area contributed by atoms with Crippen molar-refractivity contribution in [3.63, 3.8) is 0 Å². The number of carbonyl (C=O) groups excluding carboxylic acids is 1. The molecule has 0 radical (unpaired) electrons. The van der Waals surface area contributed by atoms with E-state index < -0.39 is 0 Å². The fraction of sp³-hybridized carbons (Fsp3) is 0.375. The van der Waals surface area contributed by atoms with Crippen LogP contribution in [-0.2, 0) is 0 Å². The third kappa shape index (κ3) is 2.40. The van der Waals surface area contributed by atoms with Crippen molar-refractivity contribution in [3.8, 4) is 0 Å². The van der Waals surface area contributed by atoms with Crippen molar-refractivity contribution in [2.75, 3.05) is 31.1 Å². The van der Waals surface area contributed by atoms with Crippen molar-refractivity contribution in [2.45, 2.75) is 13.8 Å². The van der Waals surface area contributed by atoms with Gasteiger partial charge in [-0.2, -0.15) is 9.61 Å². The van der Waals surface area contributed by atoms with Gasteiger partial charge < -0.3 is 14.2 Å². The SMILES string of the molecule is Cc1cc(C(=O)N2CCN(c3cncc4ncnn34)CC2)c(C)o1. The van der Waals surface area contributed by atoms with Crippen LogP contribution in [0.1, 0.15) is 21.9 Å². The van der Waals surface area contributed by atoms with E-state index in [4.69, 9.17) is 4.42 Å². The van der Waals surface area contributed by atoms with E-state index in [1.54, 1.807) is 16.9 Å². The first-order valence-electron chi connectivity index (χ1n) is 7.88. The molecule has 0 aromatic carbocycles. The van der Waals surface area contributed by atoms with Gasteiger partial charge in [-0.05, 0) is 19.9 Å². The highest BCUT2D eigenvalue weighted by Crippen LogP contribution is 2.19. The molecule has 24 heavy (non-hydrogen) atoms. The molecule has 1 saturated heterocycles. The molecule has 0 atom stereocenters. The van der Waals surface area contributed by atoms with Crippen LogP contribution < -0.4 is 4.90 Å². The van der Waals surface area contributed by atoms with E-state index >= 15 is 0 Å². The monoisotopic (exact) mass is 326 g/mol. The first-order valence-corrected chi connectivity index (χ1v) is 7.88. The average molecular weight is 326 g/mol. The zero-order valence-electron chi connectivity index (χ0n) is 13.6. The fourth-order valence-electron chi connectivity index (χ4n) is 3.11. The van der Waals surface area contributed by atoms with Crippen molar-refractivity contribution in [1.29, 1.82) is 0 Å². The quantitative estimate of drug-likeness (QED) is 0.706. The number of amides is 1. The molecule has 1 fully saturated rings. The Kier molecular flexibility index (Phi) is 3.44. The van der Waals surface area contributed by atoms with Gasteiger partial charge in [0.15, 0.2) is 11.5 Å². The molecular formula is C16H18N6O2. The first-order chi connectivity index (χ1) is 11.6. The Morgan fingerprint density at radius 1 is 1.17 bits per heavy atom. The molecule has 0 N–H and O–H groups in total. The lowest BCUT2D eigenvalue weighted by atomic mass is 10.2. The van der Waals surface area contributed by atoms with Gasteiger partial charge in [-0.3, -0.25) is 9.78 Å². The molecule has 0 spiro atoms. The van der Waals surface area contributed by atoms with E-state index in [9.17, 15) is 4.79 Å². The molecule has 1 aliphatic heterocycles. The number of anilines is 1. The van der Waals surface area contributed by atoms with E-state index in [-0.39, 0.29) is 5.91 Å². The van der Waals surface area contributed by atoms with E-state index in [0.717, 1.165) is 30.3 Å². The van der Waals surface area contributed by atoms with Crippen molar-refractivity contribution in [3.05, 3.63) is 41.9 Å². The summed E-state index contributed by atoms with van der Waals surface area (Å²) in [4.78, 5) is 25.1. The Hall–Kier alpha value is -2.90. The number of fused-ring (bicyclic) bond motifs is 1. The second-order valence-corrected chi connectivity index (χ2v) is 5.90. The Morgan fingerprint density at radius 3 is 2.67 bits per heavy atom. The largest absolute Gasteiger partial charge is 0.466 e. The van der Waals surface area contributed by atoms with E-state index in [0.29, 0.717) is 24.4 Å². The molecule has 0 aliphatic carbocycles. The summed E-state index contributed by atoms with van der Waals surface area (Å²) in [5.41, 5.74) is 1.37. The minimum Gasteiger partial charge on any atom is -0.466 e. The van der Waals surface area contributed by atoms with Crippen LogP contribution in [0.4, 0.5) is 5.82 Å². The summed E-state index contributed by atoms with van der Waals surface area (Å²) in [5.74, 6) is 2.36. The number of piperazine rings is 1. The summed E-state index contributed by atoms with van der Waals surface area (Å²) >= 11 is 0. The van der Waals surface area contributed by atoms with Gasteiger partial charge in [-0.25, -0.2) is 4.98 Å². The fourth-order valence-corrected chi connectivity index (χ4v) is 3.11. The van der Waals surface area contributed by atoms with Crippen molar-refractivity contribution < 1.29 is 9.21 Å². The van der Waals surface area contributed by atoms with E-state index in [1.165, 1.54) is 6.33 Å². The van der Waals surface area contributed by atoms with Gasteiger partial charge in [0.25, 0.3) is 5.91 Å². The number of nitrogens with zero attached hydrogens (tertiary/aromatic N) is 6. The molecule has 0 saturated carbocycles. The number of aryl methyl sites for hydroxylation is 2. The maximum atomic E-state index is 12.7. The maximum Gasteiger partial charge on any atom is 0.257 e. The lowest BCUT2D eigenvalue weighted by Gasteiger charge is -2.35. The number of rotatable bonds is 2. The molecule has 3 aromatic heterocycles. The third-order valence-corrected chi connectivity index (χ3v) is 4.33. The molecule has 1 aliphatic rings. The lowest BCUT2D eigenvalue weighted by Crippen LogP contribution is -2.49. The summed E-state index contributed by atoms with van der Waals surface area (Å²) in [7, 11) is 0. The van der Waals surface area contributed by atoms with Crippen LogP contribution in [0.2, 0.25) is 0 Å². The van der Waals surface area contributed by atoms with Gasteiger partial charge >= 0.3 is 0 Å². The number of aromatic nitrogens is 4. The molecule has 8 heteroatoms. The number of furan rings is 1. The van der Waals surface area contributed by atoms with Gasteiger partial charge in [-0.15, -0.1) is 0 Å². The maximum absolute atomic E-state index is 12.7. The lowest BCUT2D eigenvalue weighted by molar-refractivity contribution is 0.0744. The minimum absolute atomic E-state index is 0.0288. The summed E-state index contributed by atoms with van der Waals surface area (Å²) < 4.78 is 7.24. The number of hydrogen-bond donors (Lipinski definition) is 0. The molecular weight excluding hydrogens is 308 g/mol. The van der Waals surface area contributed by atoms with E-state index in [2.05, 4.69) is 20.0 Å². The van der Waals surface area contributed by atoms with Crippen LogP contribution in [-0.4, -0.2) is 56.6 Å². The van der Waals surface area contributed by atoms with Gasteiger partial charge in [-0.1, -0.05) is 0 Å². The smallest absolute Gasteiger partial charge is 0.257 e. The molecule has 4 heterocycles. The Morgan fingerprint density at radius 2 is 1.96 bits per heavy atom. The molecule has 1 amide bonds. The van der Waals surface area contributed by atoms with Crippen LogP contribution in [0.3, 0.4) is 0 Å². The average Bonchev–Trinajstić information content (AvgIpc) is 3.20. The summed E-state index contributed by atoms with van der Waals surface area (Å²) in [6.07, 6.45) is 4.98. The summed E-state index contributed by atoms with van der Waals surface area (Å²) in [5, 5.41) is 4.24. The van der Waals surface area contributed by atoms with Crippen molar-refractivity contribution >= 4 is 17.4 Å². The Balaban J connectivity index is 1.50. The van der Waals surface area contributed by atoms with Crippen LogP contribution in [0, 0.1) is 13.8 Å². The highest BCUT2D eigenvalue weighted by atomic mass is 16.3. The molecule has 0 bridgehead atoms. The predicted octanol–water partition coefficient (Wildman–Crippen LogP) is 1.30. The Labute approximate surface area is 138 Å². The first kappa shape index (κ1) is 14.7. The third-order valence-electron chi connectivity index (χ3n) is 4.33. The second kappa shape index (κ2) is 5.63. The van der Waals surface area contributed by atoms with Crippen molar-refractivity contribution in [2.24, 2.45) is 0 Å². The highest BCUT2D eigenvalue weighted by Gasteiger charge is 2.26. The van der Waals surface area contributed by atoms with Crippen LogP contribution in [0.5, 0.6) is 0 Å². The van der Waals surface area contributed by atoms with Crippen LogP contribution >= 0.6 is 0 Å². The van der Waals surface area contributed by atoms with Gasteiger partial charge in [0.1, 0.15) is 17.8 Å².